The average molecular weight is 269 g/mol. The van der Waals surface area contributed by atoms with Crippen molar-refractivity contribution in [2.75, 3.05) is 0 Å². The quantitative estimate of drug-likeness (QED) is 0.870. The SMILES string of the molecule is Cc1ccc(C(SC2CCCCC2)C(C)N)s1. The van der Waals surface area contributed by atoms with E-state index in [4.69, 9.17) is 5.73 Å². The van der Waals surface area contributed by atoms with Gasteiger partial charge in [0.25, 0.3) is 0 Å². The number of nitrogens with two attached hydrogens (primary N) is 1. The van der Waals surface area contributed by atoms with Gasteiger partial charge in [0, 0.05) is 21.0 Å². The smallest absolute Gasteiger partial charge is 0.0542 e. The number of hydrogen-bond donors (Lipinski definition) is 1. The molecule has 1 saturated carbocycles. The maximum Gasteiger partial charge on any atom is 0.0542 e. The molecule has 1 fully saturated rings. The van der Waals surface area contributed by atoms with Gasteiger partial charge in [0.1, 0.15) is 0 Å². The summed E-state index contributed by atoms with van der Waals surface area (Å²) in [6.07, 6.45) is 7.02. The van der Waals surface area contributed by atoms with Gasteiger partial charge in [-0.1, -0.05) is 19.3 Å². The molecule has 2 rings (SSSR count). The van der Waals surface area contributed by atoms with Crippen molar-refractivity contribution in [2.24, 2.45) is 5.73 Å². The third-order valence-electron chi connectivity index (χ3n) is 3.41. The summed E-state index contributed by atoms with van der Waals surface area (Å²) >= 11 is 4.04. The molecule has 0 amide bonds. The molecule has 17 heavy (non-hydrogen) atoms. The molecular weight excluding hydrogens is 246 g/mol. The molecule has 3 heteroatoms. The summed E-state index contributed by atoms with van der Waals surface area (Å²) in [7, 11) is 0. The topological polar surface area (TPSA) is 26.0 Å². The Morgan fingerprint density at radius 2 is 2.00 bits per heavy atom. The molecule has 2 atom stereocenters. The Hall–Kier alpha value is 0.01000. The molecule has 1 aliphatic carbocycles. The van der Waals surface area contributed by atoms with Crippen molar-refractivity contribution < 1.29 is 0 Å². The third-order valence-corrected chi connectivity index (χ3v) is 6.48. The molecule has 2 N–H and O–H groups in total. The lowest BCUT2D eigenvalue weighted by Gasteiger charge is -2.27. The Labute approximate surface area is 113 Å². The summed E-state index contributed by atoms with van der Waals surface area (Å²) in [6.45, 7) is 4.33. The van der Waals surface area contributed by atoms with Crippen molar-refractivity contribution in [1.82, 2.24) is 0 Å². The van der Waals surface area contributed by atoms with Crippen LogP contribution < -0.4 is 5.73 Å². The van der Waals surface area contributed by atoms with Crippen LogP contribution in [0.2, 0.25) is 0 Å². The van der Waals surface area contributed by atoms with Gasteiger partial charge in [0.2, 0.25) is 0 Å². The fourth-order valence-electron chi connectivity index (χ4n) is 2.46. The van der Waals surface area contributed by atoms with E-state index in [1.807, 2.05) is 11.3 Å². The lowest BCUT2D eigenvalue weighted by molar-refractivity contribution is 0.513. The van der Waals surface area contributed by atoms with Gasteiger partial charge in [-0.2, -0.15) is 0 Å². The number of aryl methyl sites for hydroxylation is 1. The average Bonchev–Trinajstić information content (AvgIpc) is 2.73. The zero-order valence-electron chi connectivity index (χ0n) is 10.8. The van der Waals surface area contributed by atoms with Crippen molar-refractivity contribution in [3.63, 3.8) is 0 Å². The van der Waals surface area contributed by atoms with Crippen LogP contribution in [0.15, 0.2) is 12.1 Å². The Kier molecular flexibility index (Phi) is 4.95. The van der Waals surface area contributed by atoms with E-state index in [1.54, 1.807) is 0 Å². The summed E-state index contributed by atoms with van der Waals surface area (Å²) < 4.78 is 0. The lowest BCUT2D eigenvalue weighted by atomic mass is 10.0. The van der Waals surface area contributed by atoms with E-state index in [2.05, 4.69) is 37.7 Å². The lowest BCUT2D eigenvalue weighted by Crippen LogP contribution is -2.24. The molecule has 0 spiro atoms. The second kappa shape index (κ2) is 6.26. The van der Waals surface area contributed by atoms with Crippen LogP contribution in [-0.2, 0) is 0 Å². The van der Waals surface area contributed by atoms with E-state index in [1.165, 1.54) is 41.9 Å². The van der Waals surface area contributed by atoms with Crippen molar-refractivity contribution in [3.05, 3.63) is 21.9 Å². The minimum atomic E-state index is 0.250. The number of thiophene rings is 1. The van der Waals surface area contributed by atoms with E-state index in [9.17, 15) is 0 Å². The van der Waals surface area contributed by atoms with E-state index in [0.29, 0.717) is 5.25 Å². The van der Waals surface area contributed by atoms with Gasteiger partial charge in [-0.25, -0.2) is 0 Å². The van der Waals surface area contributed by atoms with Gasteiger partial charge in [-0.3, -0.25) is 0 Å². The molecule has 1 aromatic rings. The first-order valence-electron chi connectivity index (χ1n) is 6.64. The molecule has 0 aromatic carbocycles. The van der Waals surface area contributed by atoms with Crippen LogP contribution in [0.3, 0.4) is 0 Å². The maximum atomic E-state index is 6.18. The highest BCUT2D eigenvalue weighted by atomic mass is 32.2. The third kappa shape index (κ3) is 3.73. The zero-order chi connectivity index (χ0) is 12.3. The van der Waals surface area contributed by atoms with Crippen LogP contribution in [0.1, 0.15) is 54.0 Å². The highest BCUT2D eigenvalue weighted by Gasteiger charge is 2.24. The van der Waals surface area contributed by atoms with Crippen LogP contribution in [0.5, 0.6) is 0 Å². The fourth-order valence-corrected chi connectivity index (χ4v) is 5.23. The molecule has 0 bridgehead atoms. The second-order valence-electron chi connectivity index (χ2n) is 5.12. The van der Waals surface area contributed by atoms with Crippen molar-refractivity contribution >= 4 is 23.1 Å². The first-order chi connectivity index (χ1) is 8.16. The normalized spacial score (nSPS) is 21.4. The van der Waals surface area contributed by atoms with E-state index >= 15 is 0 Å². The minimum absolute atomic E-state index is 0.250. The van der Waals surface area contributed by atoms with Gasteiger partial charge >= 0.3 is 0 Å². The van der Waals surface area contributed by atoms with E-state index in [0.717, 1.165) is 5.25 Å². The summed E-state index contributed by atoms with van der Waals surface area (Å²) in [5.41, 5.74) is 6.18. The number of rotatable bonds is 4. The van der Waals surface area contributed by atoms with Crippen LogP contribution in [0.4, 0.5) is 0 Å². The summed E-state index contributed by atoms with van der Waals surface area (Å²) in [5.74, 6) is 0. The Morgan fingerprint density at radius 1 is 1.29 bits per heavy atom. The highest BCUT2D eigenvalue weighted by molar-refractivity contribution is 8.00. The second-order valence-corrected chi connectivity index (χ2v) is 7.89. The predicted octanol–water partition coefficient (Wildman–Crippen LogP) is 4.51. The van der Waals surface area contributed by atoms with Gasteiger partial charge in [0.15, 0.2) is 0 Å². The van der Waals surface area contributed by atoms with E-state index < -0.39 is 0 Å². The molecule has 1 aromatic heterocycles. The molecular formula is C14H23NS2. The van der Waals surface area contributed by atoms with Crippen LogP contribution in [0, 0.1) is 6.92 Å². The van der Waals surface area contributed by atoms with Crippen LogP contribution in [0.25, 0.3) is 0 Å². The minimum Gasteiger partial charge on any atom is -0.327 e. The van der Waals surface area contributed by atoms with Gasteiger partial charge < -0.3 is 5.73 Å². The molecule has 0 aliphatic heterocycles. The first kappa shape index (κ1) is 13.4. The Morgan fingerprint density at radius 3 is 2.53 bits per heavy atom. The molecule has 1 aliphatic rings. The van der Waals surface area contributed by atoms with Crippen molar-refractivity contribution in [3.8, 4) is 0 Å². The van der Waals surface area contributed by atoms with Crippen molar-refractivity contribution in [2.45, 2.75) is 62.5 Å². The molecule has 2 unspecified atom stereocenters. The van der Waals surface area contributed by atoms with Crippen LogP contribution in [-0.4, -0.2) is 11.3 Å². The molecule has 0 radical (unpaired) electrons. The largest absolute Gasteiger partial charge is 0.327 e. The summed E-state index contributed by atoms with van der Waals surface area (Å²) in [4.78, 5) is 2.86. The first-order valence-corrected chi connectivity index (χ1v) is 8.40. The summed E-state index contributed by atoms with van der Waals surface area (Å²) in [5, 5.41) is 1.33. The maximum absolute atomic E-state index is 6.18. The Balaban J connectivity index is 2.01. The van der Waals surface area contributed by atoms with Crippen LogP contribution >= 0.6 is 23.1 Å². The predicted molar refractivity (Wildman–Crippen MR) is 79.9 cm³/mol. The molecule has 96 valence electrons. The highest BCUT2D eigenvalue weighted by Crippen LogP contribution is 2.42. The van der Waals surface area contributed by atoms with Gasteiger partial charge in [0.05, 0.1) is 5.25 Å². The molecule has 0 saturated heterocycles. The molecule has 1 nitrogen and oxygen atoms in total. The monoisotopic (exact) mass is 269 g/mol. The standard InChI is InChI=1S/C14H23NS2/c1-10-8-9-13(16-10)14(11(2)15)17-12-6-4-3-5-7-12/h8-9,11-12,14H,3-7,15H2,1-2H3. The number of hydrogen-bond acceptors (Lipinski definition) is 3. The fraction of sp³-hybridized carbons (Fsp3) is 0.714. The number of thioether (sulfide) groups is 1. The molecule has 1 heterocycles. The summed E-state index contributed by atoms with van der Waals surface area (Å²) in [6, 6.07) is 4.74. The van der Waals surface area contributed by atoms with Gasteiger partial charge in [-0.05, 0) is 38.8 Å². The van der Waals surface area contributed by atoms with E-state index in [-0.39, 0.29) is 6.04 Å². The van der Waals surface area contributed by atoms with Crippen molar-refractivity contribution in [1.29, 1.82) is 0 Å². The van der Waals surface area contributed by atoms with Gasteiger partial charge in [-0.15, -0.1) is 23.1 Å². The Bertz CT molecular complexity index is 340. The zero-order valence-corrected chi connectivity index (χ0v) is 12.4.